The van der Waals surface area contributed by atoms with Crippen molar-refractivity contribution < 1.29 is 9.90 Å². The fourth-order valence-electron chi connectivity index (χ4n) is 2.45. The quantitative estimate of drug-likeness (QED) is 0.379. The van der Waals surface area contributed by atoms with Gasteiger partial charge in [0, 0.05) is 36.0 Å². The van der Waals surface area contributed by atoms with Gasteiger partial charge in [0.25, 0.3) is 5.91 Å². The Morgan fingerprint density at radius 2 is 1.78 bits per heavy atom. The summed E-state index contributed by atoms with van der Waals surface area (Å²) in [5, 5.41) is 14.8. The molecule has 0 fully saturated rings. The molecule has 0 aliphatic carbocycles. The molecule has 0 saturated heterocycles. The Hall–Kier alpha value is -3.45. The Morgan fingerprint density at radius 3 is 2.48 bits per heavy atom. The summed E-state index contributed by atoms with van der Waals surface area (Å²) in [5.41, 5.74) is 8.34. The molecule has 5 N–H and O–H groups in total. The van der Waals surface area contributed by atoms with Gasteiger partial charge in [-0.05, 0) is 30.7 Å². The van der Waals surface area contributed by atoms with Crippen LogP contribution in [0, 0.1) is 0 Å². The van der Waals surface area contributed by atoms with Crippen molar-refractivity contribution in [1.29, 1.82) is 0 Å². The van der Waals surface area contributed by atoms with Crippen LogP contribution in [0.15, 0.2) is 60.7 Å². The summed E-state index contributed by atoms with van der Waals surface area (Å²) in [5.74, 6) is 0.489. The van der Waals surface area contributed by atoms with E-state index in [0.29, 0.717) is 41.7 Å². The largest absolute Gasteiger partial charge is 0.399 e. The number of carbonyl (C=O) groups is 1. The number of nitrogen functional groups attached to an aromatic ring is 1. The number of aliphatic hydroxyl groups is 1. The molecule has 3 aromatic rings. The zero-order valence-electron chi connectivity index (χ0n) is 14.7. The number of aromatic nitrogens is 2. The van der Waals surface area contributed by atoms with Crippen molar-refractivity contribution in [3.05, 3.63) is 66.2 Å². The van der Waals surface area contributed by atoms with Crippen LogP contribution in [0.25, 0.3) is 11.3 Å². The van der Waals surface area contributed by atoms with Crippen molar-refractivity contribution in [1.82, 2.24) is 9.97 Å². The highest BCUT2D eigenvalue weighted by atomic mass is 16.3. The van der Waals surface area contributed by atoms with Crippen molar-refractivity contribution in [2.75, 3.05) is 29.5 Å². The third-order valence-corrected chi connectivity index (χ3v) is 3.83. The van der Waals surface area contributed by atoms with Crippen LogP contribution in [-0.2, 0) is 0 Å². The van der Waals surface area contributed by atoms with Crippen LogP contribution in [0.5, 0.6) is 0 Å². The summed E-state index contributed by atoms with van der Waals surface area (Å²) in [6, 6.07) is 18.0. The lowest BCUT2D eigenvalue weighted by Gasteiger charge is -2.11. The van der Waals surface area contributed by atoms with E-state index in [0.717, 1.165) is 5.56 Å². The summed E-state index contributed by atoms with van der Waals surface area (Å²) in [7, 11) is 0. The number of nitrogens with zero attached hydrogens (tertiary/aromatic N) is 2. The predicted molar refractivity (Wildman–Crippen MR) is 106 cm³/mol. The number of rotatable bonds is 7. The first-order valence-corrected chi connectivity index (χ1v) is 8.62. The van der Waals surface area contributed by atoms with E-state index in [1.165, 1.54) is 0 Å². The first kappa shape index (κ1) is 18.3. The molecule has 1 amide bonds. The third-order valence-electron chi connectivity index (χ3n) is 3.83. The van der Waals surface area contributed by atoms with Gasteiger partial charge in [0.05, 0.1) is 5.69 Å². The number of aliphatic hydroxyl groups excluding tert-OH is 1. The molecule has 138 valence electrons. The summed E-state index contributed by atoms with van der Waals surface area (Å²) in [4.78, 5) is 21.3. The first-order chi connectivity index (χ1) is 13.2. The van der Waals surface area contributed by atoms with E-state index in [4.69, 9.17) is 10.8 Å². The summed E-state index contributed by atoms with van der Waals surface area (Å²) in [6.45, 7) is 0.603. The van der Waals surface area contributed by atoms with E-state index in [1.807, 2.05) is 30.3 Å². The minimum absolute atomic E-state index is 0.0755. The minimum atomic E-state index is -0.283. The van der Waals surface area contributed by atoms with E-state index in [2.05, 4.69) is 20.6 Å². The van der Waals surface area contributed by atoms with Crippen LogP contribution in [0.1, 0.15) is 16.8 Å². The Kier molecular flexibility index (Phi) is 5.96. The lowest BCUT2D eigenvalue weighted by molar-refractivity contribution is 0.102. The molecule has 1 aromatic heterocycles. The number of amides is 1. The Balaban J connectivity index is 1.87. The summed E-state index contributed by atoms with van der Waals surface area (Å²) < 4.78 is 0. The van der Waals surface area contributed by atoms with Crippen LogP contribution in [0.4, 0.5) is 17.5 Å². The second kappa shape index (κ2) is 8.77. The second-order valence-corrected chi connectivity index (χ2v) is 5.91. The zero-order valence-corrected chi connectivity index (χ0v) is 14.7. The lowest BCUT2D eigenvalue weighted by atomic mass is 10.1. The molecule has 0 saturated carbocycles. The molecular weight excluding hydrogens is 342 g/mol. The van der Waals surface area contributed by atoms with E-state index < -0.39 is 0 Å². The van der Waals surface area contributed by atoms with Gasteiger partial charge in [0.1, 0.15) is 5.82 Å². The van der Waals surface area contributed by atoms with Crippen LogP contribution >= 0.6 is 0 Å². The topological polar surface area (TPSA) is 113 Å². The van der Waals surface area contributed by atoms with Crippen LogP contribution in [-0.4, -0.2) is 34.1 Å². The van der Waals surface area contributed by atoms with Gasteiger partial charge in [-0.1, -0.05) is 30.3 Å². The molecule has 0 bridgehead atoms. The molecule has 1 heterocycles. The van der Waals surface area contributed by atoms with Crippen molar-refractivity contribution in [3.63, 3.8) is 0 Å². The number of carbonyl (C=O) groups excluding carboxylic acids is 1. The number of nitrogens with two attached hydrogens (primary N) is 1. The Labute approximate surface area is 157 Å². The fourth-order valence-corrected chi connectivity index (χ4v) is 2.45. The molecule has 0 atom stereocenters. The van der Waals surface area contributed by atoms with Gasteiger partial charge >= 0.3 is 0 Å². The fraction of sp³-hybridized carbons (Fsp3) is 0.150. The molecule has 2 aromatic carbocycles. The molecule has 0 radical (unpaired) electrons. The molecule has 7 nitrogen and oxygen atoms in total. The average Bonchev–Trinajstić information content (AvgIpc) is 2.69. The van der Waals surface area contributed by atoms with Crippen molar-refractivity contribution in [2.45, 2.75) is 6.42 Å². The van der Waals surface area contributed by atoms with Gasteiger partial charge in [-0.2, -0.15) is 4.98 Å². The van der Waals surface area contributed by atoms with E-state index in [1.54, 1.807) is 30.3 Å². The first-order valence-electron chi connectivity index (χ1n) is 8.62. The second-order valence-electron chi connectivity index (χ2n) is 5.91. The molecule has 0 aliphatic heterocycles. The number of hydrogen-bond acceptors (Lipinski definition) is 6. The van der Waals surface area contributed by atoms with Crippen LogP contribution < -0.4 is 16.4 Å². The molecule has 0 aliphatic rings. The summed E-state index contributed by atoms with van der Waals surface area (Å²) in [6.07, 6.45) is 0.575. The highest BCUT2D eigenvalue weighted by molar-refractivity contribution is 6.04. The highest BCUT2D eigenvalue weighted by Crippen LogP contribution is 2.21. The van der Waals surface area contributed by atoms with Gasteiger partial charge in [0.15, 0.2) is 0 Å². The summed E-state index contributed by atoms with van der Waals surface area (Å²) >= 11 is 0. The molecule has 7 heteroatoms. The van der Waals surface area contributed by atoms with Gasteiger partial charge < -0.3 is 21.5 Å². The van der Waals surface area contributed by atoms with Crippen molar-refractivity contribution >= 4 is 23.4 Å². The van der Waals surface area contributed by atoms with Crippen molar-refractivity contribution in [2.24, 2.45) is 0 Å². The smallest absolute Gasteiger partial charge is 0.256 e. The van der Waals surface area contributed by atoms with Crippen LogP contribution in [0.2, 0.25) is 0 Å². The maximum absolute atomic E-state index is 12.5. The average molecular weight is 363 g/mol. The molecule has 0 spiro atoms. The van der Waals surface area contributed by atoms with Gasteiger partial charge in [0.2, 0.25) is 5.95 Å². The molecule has 0 unspecified atom stereocenters. The maximum Gasteiger partial charge on any atom is 0.256 e. The van der Waals surface area contributed by atoms with Gasteiger partial charge in [-0.25, -0.2) is 4.98 Å². The van der Waals surface area contributed by atoms with E-state index >= 15 is 0 Å². The maximum atomic E-state index is 12.5. The number of nitrogens with one attached hydrogen (secondary N) is 2. The minimum Gasteiger partial charge on any atom is -0.399 e. The number of hydrogen-bond donors (Lipinski definition) is 4. The Bertz CT molecular complexity index is 898. The van der Waals surface area contributed by atoms with Gasteiger partial charge in [-0.3, -0.25) is 4.79 Å². The molecule has 27 heavy (non-hydrogen) atoms. The van der Waals surface area contributed by atoms with E-state index in [9.17, 15) is 4.79 Å². The monoisotopic (exact) mass is 363 g/mol. The van der Waals surface area contributed by atoms with E-state index in [-0.39, 0.29) is 12.5 Å². The number of anilines is 3. The van der Waals surface area contributed by atoms with Crippen LogP contribution in [0.3, 0.4) is 0 Å². The number of benzene rings is 2. The lowest BCUT2D eigenvalue weighted by Crippen LogP contribution is -2.15. The zero-order chi connectivity index (χ0) is 19.1. The third kappa shape index (κ3) is 5.02. The Morgan fingerprint density at radius 1 is 1.04 bits per heavy atom. The van der Waals surface area contributed by atoms with Gasteiger partial charge in [-0.15, -0.1) is 0 Å². The molecular formula is C20H21N5O2. The van der Waals surface area contributed by atoms with Crippen molar-refractivity contribution in [3.8, 4) is 11.3 Å². The predicted octanol–water partition coefficient (Wildman–Crippen LogP) is 2.77. The molecule has 3 rings (SSSR count). The highest BCUT2D eigenvalue weighted by Gasteiger charge is 2.11. The standard InChI is InChI=1S/C20H21N5O2/c21-16-9-7-15(8-10-16)19(27)24-18-13-17(14-5-2-1-3-6-14)23-20(25-18)22-11-4-12-26/h1-3,5-10,13,26H,4,11-12,21H2,(H2,22,23,24,25,27). The normalized spacial score (nSPS) is 10.4. The SMILES string of the molecule is Nc1ccc(C(=O)Nc2cc(-c3ccccc3)nc(NCCCO)n2)cc1.